The zero-order valence-corrected chi connectivity index (χ0v) is 40.5. The van der Waals surface area contributed by atoms with Crippen molar-refractivity contribution in [3.8, 4) is 28.7 Å². The maximum absolute atomic E-state index is 14.3. The van der Waals surface area contributed by atoms with E-state index >= 15 is 0 Å². The summed E-state index contributed by atoms with van der Waals surface area (Å²) < 4.78 is 40.2. The highest BCUT2D eigenvalue weighted by atomic mass is 16.7. The van der Waals surface area contributed by atoms with Gasteiger partial charge in [0.1, 0.15) is 30.7 Å². The number of carboxylic acids is 1. The van der Waals surface area contributed by atoms with Crippen LogP contribution in [0.2, 0.25) is 0 Å². The zero-order chi connectivity index (χ0) is 53.0. The second-order valence-electron chi connectivity index (χ2n) is 18.1. The van der Waals surface area contributed by atoms with Gasteiger partial charge in [-0.1, -0.05) is 30.4 Å². The van der Waals surface area contributed by atoms with Gasteiger partial charge in [0.05, 0.1) is 74.2 Å². The van der Waals surface area contributed by atoms with Crippen LogP contribution in [0.1, 0.15) is 68.7 Å². The molecule has 24 heteroatoms. The number of aliphatic carboxylic acids is 1. The van der Waals surface area contributed by atoms with Crippen LogP contribution in [-0.2, 0) is 25.7 Å². The summed E-state index contributed by atoms with van der Waals surface area (Å²) in [6.45, 7) is 8.43. The van der Waals surface area contributed by atoms with E-state index in [2.05, 4.69) is 28.3 Å². The van der Waals surface area contributed by atoms with Crippen LogP contribution >= 0.6 is 0 Å². The van der Waals surface area contributed by atoms with E-state index in [1.165, 1.54) is 49.5 Å². The Morgan fingerprint density at radius 1 is 0.797 bits per heavy atom. The number of carboxylic acid groups (broad SMARTS) is 1. The third kappa shape index (κ3) is 11.0. The number of amides is 4. The number of ether oxygens (including phenoxy) is 7. The third-order valence-corrected chi connectivity index (χ3v) is 13.1. The number of carbonyl (C=O) groups excluding carboxylic acids is 4. The molecule has 0 bridgehead atoms. The smallest absolute Gasteiger partial charge is 0.416 e. The molecule has 8 atom stereocenters. The molecule has 0 saturated carbocycles. The van der Waals surface area contributed by atoms with Crippen molar-refractivity contribution in [3.63, 3.8) is 0 Å². The van der Waals surface area contributed by atoms with Crippen molar-refractivity contribution in [2.75, 3.05) is 58.6 Å². The molecular formula is C50H58N6O18. The van der Waals surface area contributed by atoms with Crippen LogP contribution in [0, 0.1) is 0 Å². The van der Waals surface area contributed by atoms with Crippen molar-refractivity contribution in [3.05, 3.63) is 89.0 Å². The Labute approximate surface area is 424 Å². The number of hydrogen-bond donors (Lipinski definition) is 7. The number of unbranched alkanes of at least 4 members (excludes halogenated alkanes) is 2. The van der Waals surface area contributed by atoms with Crippen molar-refractivity contribution in [1.82, 2.24) is 15.1 Å². The zero-order valence-electron chi connectivity index (χ0n) is 40.5. The molecule has 0 aromatic heterocycles. The van der Waals surface area contributed by atoms with Gasteiger partial charge >= 0.3 is 12.1 Å². The Hall–Kier alpha value is -7.32. The van der Waals surface area contributed by atoms with E-state index < -0.39 is 73.5 Å². The first-order valence-electron chi connectivity index (χ1n) is 23.7. The van der Waals surface area contributed by atoms with E-state index in [0.717, 1.165) is 10.5 Å². The first-order valence-corrected chi connectivity index (χ1v) is 23.7. The number of benzene rings is 3. The van der Waals surface area contributed by atoms with Gasteiger partial charge in [-0.15, -0.1) is 0 Å². The molecule has 396 valence electrons. The van der Waals surface area contributed by atoms with Crippen molar-refractivity contribution >= 4 is 47.4 Å². The topological polar surface area (TPSA) is 320 Å². The second kappa shape index (κ2) is 22.8. The van der Waals surface area contributed by atoms with Gasteiger partial charge in [0.2, 0.25) is 6.29 Å². The van der Waals surface area contributed by atoms with Crippen molar-refractivity contribution in [1.29, 1.82) is 0 Å². The summed E-state index contributed by atoms with van der Waals surface area (Å²) >= 11 is 0. The minimum atomic E-state index is -2.00. The molecule has 0 radical (unpaired) electrons. The van der Waals surface area contributed by atoms with Crippen molar-refractivity contribution < 1.29 is 87.5 Å². The molecule has 3 aromatic carbocycles. The summed E-state index contributed by atoms with van der Waals surface area (Å²) in [6.07, 6.45) is -8.11. The van der Waals surface area contributed by atoms with E-state index in [0.29, 0.717) is 67.2 Å². The van der Waals surface area contributed by atoms with Crippen molar-refractivity contribution in [2.24, 2.45) is 10.9 Å². The fraction of sp³-hybridized carbons (Fsp3) is 0.440. The molecule has 3 aromatic rings. The number of nitrogens with one attached hydrogen (secondary N) is 1. The van der Waals surface area contributed by atoms with Crippen molar-refractivity contribution in [2.45, 2.75) is 87.7 Å². The number of aliphatic imine (C=N–C) groups is 1. The lowest BCUT2D eigenvalue weighted by Crippen LogP contribution is -2.61. The van der Waals surface area contributed by atoms with Crippen LogP contribution in [0.25, 0.3) is 0 Å². The Morgan fingerprint density at radius 3 is 2.15 bits per heavy atom. The first-order chi connectivity index (χ1) is 35.5. The Bertz CT molecular complexity index is 2720. The van der Waals surface area contributed by atoms with E-state index in [-0.39, 0.29) is 84.3 Å². The largest absolute Gasteiger partial charge is 0.493 e. The van der Waals surface area contributed by atoms with Crippen LogP contribution in [0.4, 0.5) is 16.2 Å². The van der Waals surface area contributed by atoms with Gasteiger partial charge in [0.25, 0.3) is 17.7 Å². The maximum atomic E-state index is 14.3. The monoisotopic (exact) mass is 1030 g/mol. The first kappa shape index (κ1) is 53.0. The molecular weight excluding hydrogens is 973 g/mol. The Morgan fingerprint density at radius 2 is 1.46 bits per heavy atom. The summed E-state index contributed by atoms with van der Waals surface area (Å²) in [4.78, 5) is 80.2. The lowest BCUT2D eigenvalue weighted by atomic mass is 9.99. The van der Waals surface area contributed by atoms with Crippen LogP contribution < -0.4 is 39.8 Å². The lowest BCUT2D eigenvalue weighted by molar-refractivity contribution is -0.271. The number of carbonyl (C=O) groups is 5. The van der Waals surface area contributed by atoms with E-state index in [1.54, 1.807) is 23.2 Å². The van der Waals surface area contributed by atoms with Gasteiger partial charge < -0.3 is 78.6 Å². The van der Waals surface area contributed by atoms with E-state index in [4.69, 9.17) is 39.1 Å². The van der Waals surface area contributed by atoms with E-state index in [9.17, 15) is 49.5 Å². The molecule has 3 fully saturated rings. The molecule has 8 N–H and O–H groups in total. The number of aliphatic hydroxyl groups excluding tert-OH is 4. The average molecular weight is 1030 g/mol. The van der Waals surface area contributed by atoms with Crippen LogP contribution in [0.3, 0.4) is 0 Å². The van der Waals surface area contributed by atoms with E-state index in [1.807, 2.05) is 0 Å². The molecule has 5 aliphatic rings. The van der Waals surface area contributed by atoms with Gasteiger partial charge in [-0.3, -0.25) is 19.4 Å². The number of fused-ring (bicyclic) bond motifs is 4. The summed E-state index contributed by atoms with van der Waals surface area (Å²) in [6, 6.07) is 9.01. The summed E-state index contributed by atoms with van der Waals surface area (Å²) in [5.41, 5.74) is 2.47. The summed E-state index contributed by atoms with van der Waals surface area (Å²) in [5, 5.41) is 55.1. The summed E-state index contributed by atoms with van der Waals surface area (Å²) in [7, 11) is 2.90. The van der Waals surface area contributed by atoms with Gasteiger partial charge in [0, 0.05) is 38.0 Å². The molecule has 5 aliphatic heterocycles. The minimum Gasteiger partial charge on any atom is -0.493 e. The fourth-order valence-electron chi connectivity index (χ4n) is 9.29. The van der Waals surface area contributed by atoms with Crippen LogP contribution in [0.15, 0.2) is 71.8 Å². The number of rotatable bonds is 19. The number of nitrogens with zero attached hydrogens (tertiary/aromatic N) is 4. The number of aliphatic hydroxyl groups is 4. The molecule has 8 rings (SSSR count). The molecule has 3 saturated heterocycles. The second-order valence-corrected chi connectivity index (χ2v) is 18.1. The number of nitrogens with two attached hydrogens (primary N) is 1. The third-order valence-electron chi connectivity index (χ3n) is 13.1. The Balaban J connectivity index is 0.954. The standard InChI is InChI=1S/C50H58N6O18/c1-25-14-28-21-53-32-19-38(36(67-3)17-29(32)45(61)54(28)22-25)69-11-6-5-7-12-70-39-20-33-30(18-37(39)68-4)46(62)55-23-26(2)15-34(55)47(63)56(33)50(66)71-24-27-8-9-35(31(16-27)44(60)52-10-13-72-51)73-49-42(59)40(57)41(58)43(74-49)48(64)65/h8-9,16-21,28,34,40-43,47,49,57-59,63H,1-2,5-7,10-15,22-24,51H2,3-4H3,(H,52,60)(H,64,65)/t28-,34-,40-,41-,42+,43-,47?,49+/m0/s1. The number of anilines is 1. The fourth-order valence-corrected chi connectivity index (χ4v) is 9.29. The molecule has 1 unspecified atom stereocenters. The number of methoxy groups -OCH3 is 2. The minimum absolute atomic E-state index is 0.00547. The Kier molecular flexibility index (Phi) is 16.4. The highest BCUT2D eigenvalue weighted by molar-refractivity contribution is 6.06. The molecule has 5 heterocycles. The average Bonchev–Trinajstić information content (AvgIpc) is 3.93. The predicted octanol–water partition coefficient (Wildman–Crippen LogP) is 1.96. The maximum Gasteiger partial charge on any atom is 0.416 e. The van der Waals surface area contributed by atoms with Gasteiger partial charge in [-0.2, -0.15) is 0 Å². The van der Waals surface area contributed by atoms with Crippen LogP contribution in [-0.4, -0.2) is 174 Å². The highest BCUT2D eigenvalue weighted by Crippen LogP contribution is 2.43. The summed E-state index contributed by atoms with van der Waals surface area (Å²) in [5.74, 6) is 2.95. The van der Waals surface area contributed by atoms with Crippen LogP contribution in [0.5, 0.6) is 28.7 Å². The molecule has 0 aliphatic carbocycles. The van der Waals surface area contributed by atoms with Gasteiger partial charge in [-0.25, -0.2) is 20.4 Å². The quantitative estimate of drug-likeness (QED) is 0.0513. The van der Waals surface area contributed by atoms with Gasteiger partial charge in [-0.05, 0) is 61.9 Å². The van der Waals surface area contributed by atoms with Gasteiger partial charge in [0.15, 0.2) is 35.3 Å². The molecule has 0 spiro atoms. The lowest BCUT2D eigenvalue weighted by Gasteiger charge is -2.38. The highest BCUT2D eigenvalue weighted by Gasteiger charge is 2.49. The SMILES string of the molecule is C=C1C[C@H]2C=Nc3cc(OCCCCCOc4cc5c(cc4OC)C(=O)N4CC(=C)C[C@H]4C(O)N5C(=O)OCc4ccc(O[C@@H]5O[C@H](C(=O)O)[C@@H](O)[C@H](O)[C@H]5O)c(C(=O)NCCON)c4)c(OC)cc3C(=O)N2C1. The predicted molar refractivity (Wildman–Crippen MR) is 259 cm³/mol. The number of hydrogen-bond acceptors (Lipinski definition) is 19. The molecule has 24 nitrogen and oxygen atoms in total. The molecule has 74 heavy (non-hydrogen) atoms. The normalized spacial score (nSPS) is 24.0. The molecule has 4 amide bonds.